The minimum absolute atomic E-state index is 0.0672. The van der Waals surface area contributed by atoms with Gasteiger partial charge in [0.25, 0.3) is 0 Å². The van der Waals surface area contributed by atoms with Gasteiger partial charge in [0.1, 0.15) is 12.2 Å². The normalized spacial score (nSPS) is 11.9. The number of nitrogens with zero attached hydrogens (tertiary/aromatic N) is 5. The average Bonchev–Trinajstić information content (AvgIpc) is 3.34. The Kier molecular flexibility index (Phi) is 5.89. The summed E-state index contributed by atoms with van der Waals surface area (Å²) in [5, 5.41) is 10.4. The third-order valence-corrected chi connectivity index (χ3v) is 6.44. The molecule has 0 aliphatic rings. The molecule has 0 saturated carbocycles. The van der Waals surface area contributed by atoms with Crippen LogP contribution in [-0.2, 0) is 22.3 Å². The summed E-state index contributed by atoms with van der Waals surface area (Å²) in [6.07, 6.45) is 3.74. The Morgan fingerprint density at radius 2 is 1.93 bits per heavy atom. The Bertz CT molecular complexity index is 1270. The van der Waals surface area contributed by atoms with Crippen LogP contribution in [0.2, 0.25) is 0 Å². The fourth-order valence-corrected chi connectivity index (χ4v) is 4.44. The van der Waals surface area contributed by atoms with E-state index in [2.05, 4.69) is 26.6 Å². The number of imidazole rings is 1. The second-order valence-electron chi connectivity index (χ2n) is 6.82. The number of unbranched alkanes of at least 4 members (excludes halogenated alkanes) is 1. The summed E-state index contributed by atoms with van der Waals surface area (Å²) in [5.74, 6) is 1.42. The van der Waals surface area contributed by atoms with Gasteiger partial charge >= 0.3 is 0 Å². The molecule has 0 fully saturated rings. The van der Waals surface area contributed by atoms with Crippen LogP contribution < -0.4 is 5.14 Å². The molecule has 4 aromatic rings. The summed E-state index contributed by atoms with van der Waals surface area (Å²) in [6, 6.07) is 14.6. The number of primary sulfonamides is 1. The van der Waals surface area contributed by atoms with Gasteiger partial charge in [-0.2, -0.15) is 0 Å². The van der Waals surface area contributed by atoms with Crippen molar-refractivity contribution in [3.63, 3.8) is 0 Å². The maximum absolute atomic E-state index is 11.7. The first-order chi connectivity index (χ1) is 14.5. The lowest BCUT2D eigenvalue weighted by atomic mass is 10.3. The molecular weight excluding hydrogens is 420 g/mol. The van der Waals surface area contributed by atoms with Gasteiger partial charge in [-0.3, -0.25) is 0 Å². The lowest BCUT2D eigenvalue weighted by Crippen LogP contribution is -2.11. The zero-order chi connectivity index (χ0) is 21.1. The summed E-state index contributed by atoms with van der Waals surface area (Å²) >= 11 is 1.49. The van der Waals surface area contributed by atoms with E-state index in [1.807, 2.05) is 30.3 Å². The van der Waals surface area contributed by atoms with E-state index in [-0.39, 0.29) is 4.90 Å². The third-order valence-electron chi connectivity index (χ3n) is 4.68. The Balaban J connectivity index is 1.60. The first kappa shape index (κ1) is 20.6. The van der Waals surface area contributed by atoms with Crippen molar-refractivity contribution in [2.75, 3.05) is 0 Å². The Morgan fingerprint density at radius 3 is 2.67 bits per heavy atom. The monoisotopic (exact) mass is 442 g/mol. The molecule has 0 unspecified atom stereocenters. The van der Waals surface area contributed by atoms with Gasteiger partial charge in [-0.25, -0.2) is 28.2 Å². The van der Waals surface area contributed by atoms with Crippen LogP contribution in [0.25, 0.3) is 16.7 Å². The summed E-state index contributed by atoms with van der Waals surface area (Å²) in [6.45, 7) is 2.94. The maximum Gasteiger partial charge on any atom is 0.238 e. The molecule has 156 valence electrons. The fraction of sp³-hybridized carbons (Fsp3) is 0.250. The minimum atomic E-state index is -3.77. The predicted octanol–water partition coefficient (Wildman–Crippen LogP) is 3.36. The van der Waals surface area contributed by atoms with Crippen molar-refractivity contribution >= 4 is 32.8 Å². The molecule has 0 saturated heterocycles. The van der Waals surface area contributed by atoms with Crippen molar-refractivity contribution < 1.29 is 8.42 Å². The molecular formula is C20H22N6O2S2. The molecule has 0 atom stereocenters. The van der Waals surface area contributed by atoms with Crippen molar-refractivity contribution in [1.29, 1.82) is 0 Å². The number of fused-ring (bicyclic) bond motifs is 1. The van der Waals surface area contributed by atoms with Crippen molar-refractivity contribution in [2.45, 2.75) is 42.1 Å². The molecule has 8 nitrogen and oxygen atoms in total. The molecule has 2 heterocycles. The average molecular weight is 443 g/mol. The van der Waals surface area contributed by atoms with Gasteiger partial charge in [0.2, 0.25) is 15.2 Å². The summed E-state index contributed by atoms with van der Waals surface area (Å²) in [7, 11) is -3.77. The summed E-state index contributed by atoms with van der Waals surface area (Å²) in [5.41, 5.74) is 2.47. The van der Waals surface area contributed by atoms with Crippen molar-refractivity contribution in [3.8, 4) is 5.69 Å². The van der Waals surface area contributed by atoms with Crippen LogP contribution >= 0.6 is 11.8 Å². The molecule has 0 radical (unpaired) electrons. The second kappa shape index (κ2) is 8.58. The Hall–Kier alpha value is -2.69. The van der Waals surface area contributed by atoms with Crippen LogP contribution in [0, 0.1) is 0 Å². The standard InChI is InChI=1S/C20H22N6O2S2/c1-2-3-11-25-18-10-9-16(30(21,27)28)12-17(18)23-19(25)13-29-20-22-14-26(24-20)15-7-5-4-6-8-15/h4-10,12,14H,2-3,11,13H2,1H3,(H2,21,27,28). The number of aryl methyl sites for hydroxylation is 1. The molecule has 4 rings (SSSR count). The quantitative estimate of drug-likeness (QED) is 0.419. The van der Waals surface area contributed by atoms with Gasteiger partial charge in [0.05, 0.1) is 27.4 Å². The van der Waals surface area contributed by atoms with E-state index in [0.29, 0.717) is 16.4 Å². The largest absolute Gasteiger partial charge is 0.327 e. The first-order valence-electron chi connectivity index (χ1n) is 9.57. The molecule has 0 spiro atoms. The van der Waals surface area contributed by atoms with Crippen LogP contribution in [0.5, 0.6) is 0 Å². The number of aromatic nitrogens is 5. The number of benzene rings is 2. The highest BCUT2D eigenvalue weighted by atomic mass is 32.2. The van der Waals surface area contributed by atoms with E-state index in [0.717, 1.165) is 36.4 Å². The Morgan fingerprint density at radius 1 is 1.13 bits per heavy atom. The first-order valence-corrected chi connectivity index (χ1v) is 12.1. The van der Waals surface area contributed by atoms with Gasteiger partial charge < -0.3 is 4.57 Å². The molecule has 10 heteroatoms. The van der Waals surface area contributed by atoms with Crippen molar-refractivity contribution in [1.82, 2.24) is 24.3 Å². The highest BCUT2D eigenvalue weighted by Gasteiger charge is 2.15. The molecule has 0 aliphatic heterocycles. The number of hydrogen-bond donors (Lipinski definition) is 1. The third kappa shape index (κ3) is 4.40. The van der Waals surface area contributed by atoms with E-state index in [4.69, 9.17) is 5.14 Å². The van der Waals surface area contributed by atoms with E-state index < -0.39 is 10.0 Å². The van der Waals surface area contributed by atoms with E-state index in [1.165, 1.54) is 23.9 Å². The fourth-order valence-electron chi connectivity index (χ4n) is 3.16. The van der Waals surface area contributed by atoms with E-state index in [9.17, 15) is 8.42 Å². The molecule has 0 aliphatic carbocycles. The smallest absolute Gasteiger partial charge is 0.238 e. The minimum Gasteiger partial charge on any atom is -0.327 e. The lowest BCUT2D eigenvalue weighted by Gasteiger charge is -2.08. The van der Waals surface area contributed by atoms with Gasteiger partial charge in [0.15, 0.2) is 0 Å². The number of sulfonamides is 1. The maximum atomic E-state index is 11.7. The predicted molar refractivity (Wildman–Crippen MR) is 117 cm³/mol. The van der Waals surface area contributed by atoms with Gasteiger partial charge in [-0.15, -0.1) is 5.10 Å². The number of rotatable bonds is 8. The number of nitrogens with two attached hydrogens (primary N) is 1. The highest BCUT2D eigenvalue weighted by Crippen LogP contribution is 2.25. The SMILES string of the molecule is CCCCn1c(CSc2ncn(-c3ccccc3)n2)nc2cc(S(N)(=O)=O)ccc21. The lowest BCUT2D eigenvalue weighted by molar-refractivity contribution is 0.598. The Labute approximate surface area is 179 Å². The number of para-hydroxylation sites is 1. The van der Waals surface area contributed by atoms with E-state index in [1.54, 1.807) is 17.1 Å². The van der Waals surface area contributed by atoms with Gasteiger partial charge in [0, 0.05) is 6.54 Å². The second-order valence-corrected chi connectivity index (χ2v) is 9.33. The molecule has 2 aromatic heterocycles. The molecule has 0 amide bonds. The number of thioether (sulfide) groups is 1. The zero-order valence-corrected chi connectivity index (χ0v) is 18.1. The van der Waals surface area contributed by atoms with Crippen molar-refractivity contribution in [3.05, 3.63) is 60.7 Å². The highest BCUT2D eigenvalue weighted by molar-refractivity contribution is 7.98. The van der Waals surface area contributed by atoms with Gasteiger partial charge in [-0.05, 0) is 36.8 Å². The topological polar surface area (TPSA) is 109 Å². The molecule has 0 bridgehead atoms. The summed E-state index contributed by atoms with van der Waals surface area (Å²) in [4.78, 5) is 9.13. The van der Waals surface area contributed by atoms with Crippen LogP contribution in [-0.4, -0.2) is 32.7 Å². The number of hydrogen-bond acceptors (Lipinski definition) is 6. The van der Waals surface area contributed by atoms with E-state index >= 15 is 0 Å². The van der Waals surface area contributed by atoms with Crippen LogP contribution in [0.15, 0.2) is 64.9 Å². The van der Waals surface area contributed by atoms with Crippen LogP contribution in [0.1, 0.15) is 25.6 Å². The van der Waals surface area contributed by atoms with Crippen molar-refractivity contribution in [2.24, 2.45) is 5.14 Å². The summed E-state index contributed by atoms with van der Waals surface area (Å²) < 4.78 is 27.2. The van der Waals surface area contributed by atoms with Crippen LogP contribution in [0.3, 0.4) is 0 Å². The van der Waals surface area contributed by atoms with Crippen LogP contribution in [0.4, 0.5) is 0 Å². The molecule has 2 aromatic carbocycles. The molecule has 2 N–H and O–H groups in total. The van der Waals surface area contributed by atoms with Gasteiger partial charge in [-0.1, -0.05) is 43.3 Å². The molecule has 30 heavy (non-hydrogen) atoms. The zero-order valence-electron chi connectivity index (χ0n) is 16.5.